The van der Waals surface area contributed by atoms with Crippen LogP contribution in [0.15, 0.2) is 18.2 Å². The van der Waals surface area contributed by atoms with Crippen LogP contribution in [-0.4, -0.2) is 37.4 Å². The van der Waals surface area contributed by atoms with Crippen LogP contribution in [0, 0.1) is 5.82 Å². The molecule has 1 aromatic carbocycles. The molecule has 6 heteroatoms. The first-order valence-corrected chi connectivity index (χ1v) is 8.43. The summed E-state index contributed by atoms with van der Waals surface area (Å²) in [5.74, 6) is -0.259. The van der Waals surface area contributed by atoms with Crippen molar-refractivity contribution in [3.8, 4) is 0 Å². The third-order valence-corrected chi connectivity index (χ3v) is 5.35. The van der Waals surface area contributed by atoms with Gasteiger partial charge < -0.3 is 15.4 Å². The van der Waals surface area contributed by atoms with E-state index < -0.39 is 6.09 Å². The van der Waals surface area contributed by atoms with E-state index in [1.807, 2.05) is 12.1 Å². The lowest BCUT2D eigenvalue weighted by atomic mass is 10.0. The first kappa shape index (κ1) is 14.8. The van der Waals surface area contributed by atoms with Crippen molar-refractivity contribution in [2.24, 2.45) is 5.73 Å². The molecular formula is C17H22FN3O2. The third kappa shape index (κ3) is 2.45. The summed E-state index contributed by atoms with van der Waals surface area (Å²) in [7, 11) is 0. The summed E-state index contributed by atoms with van der Waals surface area (Å²) in [5.41, 5.74) is 6.75. The fourth-order valence-corrected chi connectivity index (χ4v) is 4.24. The lowest BCUT2D eigenvalue weighted by molar-refractivity contribution is 0.145. The van der Waals surface area contributed by atoms with Crippen molar-refractivity contribution in [1.82, 2.24) is 0 Å². The highest BCUT2D eigenvalue weighted by Gasteiger charge is 2.38. The normalized spacial score (nSPS) is 30.0. The molecule has 3 fully saturated rings. The van der Waals surface area contributed by atoms with Gasteiger partial charge >= 0.3 is 6.09 Å². The predicted molar refractivity (Wildman–Crippen MR) is 86.2 cm³/mol. The number of hydrogen-bond acceptors (Lipinski definition) is 4. The Labute approximate surface area is 135 Å². The lowest BCUT2D eigenvalue weighted by Crippen LogP contribution is -2.40. The Kier molecular flexibility index (Phi) is 3.64. The average molecular weight is 319 g/mol. The smallest absolute Gasteiger partial charge is 0.414 e. The van der Waals surface area contributed by atoms with Gasteiger partial charge in [0.05, 0.1) is 17.9 Å². The molecule has 0 spiro atoms. The topological polar surface area (TPSA) is 58.8 Å². The van der Waals surface area contributed by atoms with Crippen LogP contribution in [0.3, 0.4) is 0 Å². The second-order valence-electron chi connectivity index (χ2n) is 6.71. The number of benzene rings is 1. The number of cyclic esters (lactones) is 1. The van der Waals surface area contributed by atoms with E-state index >= 15 is 0 Å². The molecular weight excluding hydrogens is 297 g/mol. The van der Waals surface area contributed by atoms with Crippen LogP contribution in [0.1, 0.15) is 32.1 Å². The highest BCUT2D eigenvalue weighted by molar-refractivity contribution is 5.90. The maximum atomic E-state index is 14.7. The average Bonchev–Trinajstić information content (AvgIpc) is 3.03. The summed E-state index contributed by atoms with van der Waals surface area (Å²) in [4.78, 5) is 15.6. The zero-order valence-corrected chi connectivity index (χ0v) is 13.1. The van der Waals surface area contributed by atoms with E-state index in [-0.39, 0.29) is 18.5 Å². The molecule has 2 bridgehead atoms. The first-order valence-electron chi connectivity index (χ1n) is 8.43. The predicted octanol–water partition coefficient (Wildman–Crippen LogP) is 2.63. The number of carbonyl (C=O) groups is 1. The van der Waals surface area contributed by atoms with Gasteiger partial charge in [-0.05, 0) is 50.3 Å². The number of halogens is 1. The Morgan fingerprint density at radius 3 is 2.57 bits per heavy atom. The van der Waals surface area contributed by atoms with E-state index in [4.69, 9.17) is 10.5 Å². The van der Waals surface area contributed by atoms with E-state index in [1.165, 1.54) is 17.4 Å². The molecule has 3 atom stereocenters. The van der Waals surface area contributed by atoms with Gasteiger partial charge in [-0.25, -0.2) is 9.18 Å². The molecule has 3 aliphatic rings. The summed E-state index contributed by atoms with van der Waals surface area (Å²) in [5, 5.41) is 0. The van der Waals surface area contributed by atoms with E-state index in [2.05, 4.69) is 4.90 Å². The zero-order chi connectivity index (χ0) is 16.0. The maximum absolute atomic E-state index is 14.7. The number of nitrogens with zero attached hydrogens (tertiary/aromatic N) is 2. The van der Waals surface area contributed by atoms with Crippen LogP contribution in [-0.2, 0) is 4.74 Å². The number of anilines is 2. The van der Waals surface area contributed by atoms with Crippen LogP contribution in [0.25, 0.3) is 0 Å². The highest BCUT2D eigenvalue weighted by atomic mass is 19.1. The summed E-state index contributed by atoms with van der Waals surface area (Å²) < 4.78 is 19.9. The van der Waals surface area contributed by atoms with Crippen LogP contribution in [0.2, 0.25) is 0 Å². The van der Waals surface area contributed by atoms with Crippen molar-refractivity contribution in [1.29, 1.82) is 0 Å². The van der Waals surface area contributed by atoms with Gasteiger partial charge in [-0.3, -0.25) is 4.90 Å². The van der Waals surface area contributed by atoms with Crippen molar-refractivity contribution in [3.05, 3.63) is 24.0 Å². The standard InChI is InChI=1S/C17H22FN3O2/c18-15-8-13(20-10-14(9-19)23-17(20)22)6-7-16(15)21-11-2-1-3-12(21)5-4-11/h6-8,11-12,14H,1-5,9-10,19H2/t11?,12?,14-/m0/s1. The largest absolute Gasteiger partial charge is 0.443 e. The molecule has 1 amide bonds. The minimum Gasteiger partial charge on any atom is -0.443 e. The van der Waals surface area contributed by atoms with E-state index in [0.29, 0.717) is 30.0 Å². The maximum Gasteiger partial charge on any atom is 0.414 e. The Morgan fingerprint density at radius 1 is 1.22 bits per heavy atom. The highest BCUT2D eigenvalue weighted by Crippen LogP contribution is 2.41. The Balaban J connectivity index is 1.59. The van der Waals surface area contributed by atoms with Crippen LogP contribution in [0.4, 0.5) is 20.6 Å². The minimum absolute atomic E-state index is 0.259. The molecule has 124 valence electrons. The molecule has 3 aliphatic heterocycles. The summed E-state index contributed by atoms with van der Waals surface area (Å²) >= 11 is 0. The van der Waals surface area contributed by atoms with Crippen LogP contribution < -0.4 is 15.5 Å². The lowest BCUT2D eigenvalue weighted by Gasteiger charge is -2.37. The summed E-state index contributed by atoms with van der Waals surface area (Å²) in [6, 6.07) is 6.00. The van der Waals surface area contributed by atoms with E-state index in [0.717, 1.165) is 25.7 Å². The van der Waals surface area contributed by atoms with Crippen molar-refractivity contribution in [3.63, 3.8) is 0 Å². The fourth-order valence-electron chi connectivity index (χ4n) is 4.24. The van der Waals surface area contributed by atoms with Gasteiger partial charge in [0.2, 0.25) is 0 Å². The first-order chi connectivity index (χ1) is 11.2. The second-order valence-corrected chi connectivity index (χ2v) is 6.71. The number of fused-ring (bicyclic) bond motifs is 2. The van der Waals surface area contributed by atoms with Crippen molar-refractivity contribution in [2.45, 2.75) is 50.3 Å². The molecule has 0 aromatic heterocycles. The monoisotopic (exact) mass is 319 g/mol. The molecule has 23 heavy (non-hydrogen) atoms. The minimum atomic E-state index is -0.453. The van der Waals surface area contributed by atoms with Gasteiger partial charge in [0, 0.05) is 18.6 Å². The Bertz CT molecular complexity index is 608. The van der Waals surface area contributed by atoms with E-state index in [1.54, 1.807) is 0 Å². The number of rotatable bonds is 3. The number of amides is 1. The molecule has 1 aromatic rings. The third-order valence-electron chi connectivity index (χ3n) is 5.35. The fraction of sp³-hybridized carbons (Fsp3) is 0.588. The van der Waals surface area contributed by atoms with Gasteiger partial charge in [0.15, 0.2) is 0 Å². The molecule has 0 aliphatic carbocycles. The number of hydrogen-bond donors (Lipinski definition) is 1. The number of ether oxygens (including phenoxy) is 1. The Hall–Kier alpha value is -1.82. The molecule has 0 radical (unpaired) electrons. The second kappa shape index (κ2) is 5.67. The van der Waals surface area contributed by atoms with Gasteiger partial charge in [-0.1, -0.05) is 0 Å². The Morgan fingerprint density at radius 2 is 1.96 bits per heavy atom. The van der Waals surface area contributed by atoms with Gasteiger partial charge in [0.25, 0.3) is 0 Å². The molecule has 0 saturated carbocycles. The van der Waals surface area contributed by atoms with Crippen LogP contribution >= 0.6 is 0 Å². The van der Waals surface area contributed by atoms with Gasteiger partial charge in [0.1, 0.15) is 11.9 Å². The van der Waals surface area contributed by atoms with Gasteiger partial charge in [-0.2, -0.15) is 0 Å². The molecule has 4 rings (SSSR count). The SMILES string of the molecule is NC[C@H]1CN(c2ccc(N3C4CCCC3CC4)c(F)c2)C(=O)O1. The molecule has 2 N–H and O–H groups in total. The van der Waals surface area contributed by atoms with E-state index in [9.17, 15) is 9.18 Å². The van der Waals surface area contributed by atoms with Crippen molar-refractivity contribution < 1.29 is 13.9 Å². The molecule has 3 heterocycles. The number of piperidine rings is 1. The number of carbonyl (C=O) groups excluding carboxylic acids is 1. The molecule has 3 saturated heterocycles. The summed E-state index contributed by atoms with van der Waals surface area (Å²) in [6.45, 7) is 0.656. The van der Waals surface area contributed by atoms with Gasteiger partial charge in [-0.15, -0.1) is 0 Å². The van der Waals surface area contributed by atoms with Crippen molar-refractivity contribution >= 4 is 17.5 Å². The zero-order valence-electron chi connectivity index (χ0n) is 13.1. The quantitative estimate of drug-likeness (QED) is 0.930. The molecule has 5 nitrogen and oxygen atoms in total. The summed E-state index contributed by atoms with van der Waals surface area (Å²) in [6.07, 6.45) is 5.08. The number of nitrogens with two attached hydrogens (primary N) is 1. The van der Waals surface area contributed by atoms with Crippen molar-refractivity contribution in [2.75, 3.05) is 22.9 Å². The van der Waals surface area contributed by atoms with Crippen LogP contribution in [0.5, 0.6) is 0 Å². The molecule has 2 unspecified atom stereocenters.